The van der Waals surface area contributed by atoms with E-state index >= 15 is 0 Å². The number of amides is 1. The van der Waals surface area contributed by atoms with E-state index in [0.717, 1.165) is 25.9 Å². The average Bonchev–Trinajstić information content (AvgIpc) is 2.34. The monoisotopic (exact) mass is 236 g/mol. The van der Waals surface area contributed by atoms with Gasteiger partial charge in [-0.25, -0.2) is 0 Å². The van der Waals surface area contributed by atoms with Crippen LogP contribution in [0.3, 0.4) is 0 Å². The smallest absolute Gasteiger partial charge is 0.271 e. The van der Waals surface area contributed by atoms with Gasteiger partial charge in [-0.05, 0) is 19.3 Å². The number of carbonyl (C=O) groups is 1. The van der Waals surface area contributed by atoms with Gasteiger partial charge in [-0.1, -0.05) is 0 Å². The molecule has 80 valence electrons. The number of ether oxygens (including phenoxy) is 1. The van der Waals surface area contributed by atoms with Gasteiger partial charge < -0.3 is 9.64 Å². The third-order valence-corrected chi connectivity index (χ3v) is 2.90. The van der Waals surface area contributed by atoms with Crippen LogP contribution in [-0.4, -0.2) is 41.7 Å². The maximum atomic E-state index is 11.5. The van der Waals surface area contributed by atoms with Gasteiger partial charge in [-0.3, -0.25) is 10.1 Å². The lowest BCUT2D eigenvalue weighted by Gasteiger charge is -2.33. The minimum absolute atomic E-state index is 0. The Hall–Kier alpha value is -0.390. The fourth-order valence-electron chi connectivity index (χ4n) is 1.76. The zero-order chi connectivity index (χ0) is 9.47. The van der Waals surface area contributed by atoms with E-state index in [9.17, 15) is 4.79 Å². The highest BCUT2D eigenvalue weighted by molar-refractivity contribution is 7.80. The molecule has 2 aliphatic heterocycles. The largest absolute Gasteiger partial charge is 0.454 e. The van der Waals surface area contributed by atoms with E-state index in [1.807, 2.05) is 7.05 Å². The molecule has 14 heavy (non-hydrogen) atoms. The Bertz CT molecular complexity index is 264. The van der Waals surface area contributed by atoms with Gasteiger partial charge in [0.25, 0.3) is 11.1 Å². The quantitative estimate of drug-likeness (QED) is 0.615. The zero-order valence-electron chi connectivity index (χ0n) is 7.91. The van der Waals surface area contributed by atoms with Crippen LogP contribution in [0.4, 0.5) is 0 Å². The first kappa shape index (κ1) is 11.7. The van der Waals surface area contributed by atoms with E-state index in [2.05, 4.69) is 10.2 Å². The van der Waals surface area contributed by atoms with Crippen LogP contribution in [-0.2, 0) is 9.53 Å². The third kappa shape index (κ3) is 1.85. The van der Waals surface area contributed by atoms with Crippen LogP contribution in [0.2, 0.25) is 0 Å². The summed E-state index contributed by atoms with van der Waals surface area (Å²) < 4.78 is 5.39. The summed E-state index contributed by atoms with van der Waals surface area (Å²) in [4.78, 5) is 13.7. The molecular formula is C8H13ClN2O2S. The summed E-state index contributed by atoms with van der Waals surface area (Å²) in [7, 11) is 2.04. The van der Waals surface area contributed by atoms with E-state index < -0.39 is 5.60 Å². The lowest BCUT2D eigenvalue weighted by atomic mass is 9.91. The van der Waals surface area contributed by atoms with Crippen LogP contribution in [0.25, 0.3) is 0 Å². The molecule has 0 aromatic rings. The normalized spacial score (nSPS) is 25.5. The van der Waals surface area contributed by atoms with E-state index in [1.54, 1.807) is 0 Å². The van der Waals surface area contributed by atoms with E-state index in [1.165, 1.54) is 0 Å². The van der Waals surface area contributed by atoms with E-state index in [-0.39, 0.29) is 23.5 Å². The summed E-state index contributed by atoms with van der Waals surface area (Å²) in [5.74, 6) is -0.0643. The molecular weight excluding hydrogens is 224 g/mol. The van der Waals surface area contributed by atoms with Crippen molar-refractivity contribution < 1.29 is 9.53 Å². The molecule has 2 saturated heterocycles. The number of nitrogens with one attached hydrogen (secondary N) is 1. The van der Waals surface area contributed by atoms with Crippen LogP contribution in [0.5, 0.6) is 0 Å². The Labute approximate surface area is 94.4 Å². The fraction of sp³-hybridized carbons (Fsp3) is 0.750. The molecule has 0 unspecified atom stereocenters. The molecule has 0 atom stereocenters. The summed E-state index contributed by atoms with van der Waals surface area (Å²) in [5, 5.41) is 2.77. The fourth-order valence-corrected chi connectivity index (χ4v) is 2.02. The van der Waals surface area contributed by atoms with Gasteiger partial charge in [0.15, 0.2) is 5.60 Å². The van der Waals surface area contributed by atoms with E-state index in [4.69, 9.17) is 17.0 Å². The molecule has 2 rings (SSSR count). The number of rotatable bonds is 0. The molecule has 0 radical (unpaired) electrons. The van der Waals surface area contributed by atoms with Crippen molar-refractivity contribution in [3.8, 4) is 0 Å². The number of hydrogen-bond acceptors (Lipinski definition) is 4. The number of halogens is 1. The number of hydrogen-bond donors (Lipinski definition) is 1. The highest BCUT2D eigenvalue weighted by Crippen LogP contribution is 2.29. The van der Waals surface area contributed by atoms with Gasteiger partial charge in [0.2, 0.25) is 0 Å². The SMILES string of the molecule is CN1CCC2(CC1)OC(=S)NC2=O.Cl. The van der Waals surface area contributed by atoms with Crippen molar-refractivity contribution in [2.45, 2.75) is 18.4 Å². The van der Waals surface area contributed by atoms with Gasteiger partial charge in [0.05, 0.1) is 0 Å². The second-order valence-corrected chi connectivity index (χ2v) is 4.01. The molecule has 0 bridgehead atoms. The lowest BCUT2D eigenvalue weighted by molar-refractivity contribution is -0.134. The number of carbonyl (C=O) groups excluding carboxylic acids is 1. The van der Waals surface area contributed by atoms with Crippen molar-refractivity contribution in [2.75, 3.05) is 20.1 Å². The third-order valence-electron chi connectivity index (χ3n) is 2.71. The Morgan fingerprint density at radius 2 is 2.07 bits per heavy atom. The van der Waals surface area contributed by atoms with Crippen LogP contribution in [0.15, 0.2) is 0 Å². The van der Waals surface area contributed by atoms with Crippen LogP contribution < -0.4 is 5.32 Å². The summed E-state index contributed by atoms with van der Waals surface area (Å²) in [6.07, 6.45) is 1.46. The van der Waals surface area contributed by atoms with Gasteiger partial charge in [-0.2, -0.15) is 0 Å². The summed E-state index contributed by atoms with van der Waals surface area (Å²) in [6, 6.07) is 0. The van der Waals surface area contributed by atoms with Crippen molar-refractivity contribution in [2.24, 2.45) is 0 Å². The van der Waals surface area contributed by atoms with E-state index in [0.29, 0.717) is 0 Å². The number of nitrogens with zero attached hydrogens (tertiary/aromatic N) is 1. The maximum Gasteiger partial charge on any atom is 0.271 e. The van der Waals surface area contributed by atoms with Crippen molar-refractivity contribution in [3.63, 3.8) is 0 Å². The highest BCUT2D eigenvalue weighted by atomic mass is 35.5. The van der Waals surface area contributed by atoms with Crippen LogP contribution in [0, 0.1) is 0 Å². The molecule has 0 aromatic carbocycles. The Morgan fingerprint density at radius 1 is 1.50 bits per heavy atom. The van der Waals surface area contributed by atoms with Crippen molar-refractivity contribution in [3.05, 3.63) is 0 Å². The first-order valence-corrected chi connectivity index (χ1v) is 4.76. The summed E-state index contributed by atoms with van der Waals surface area (Å²) in [6.45, 7) is 1.77. The minimum atomic E-state index is -0.649. The molecule has 1 amide bonds. The van der Waals surface area contributed by atoms with Crippen molar-refractivity contribution in [1.82, 2.24) is 10.2 Å². The highest BCUT2D eigenvalue weighted by Gasteiger charge is 2.48. The lowest BCUT2D eigenvalue weighted by Crippen LogP contribution is -2.48. The maximum absolute atomic E-state index is 11.5. The molecule has 0 saturated carbocycles. The van der Waals surface area contributed by atoms with Crippen molar-refractivity contribution in [1.29, 1.82) is 0 Å². The molecule has 1 spiro atoms. The number of thiocarbonyl (C=S) groups is 1. The molecule has 6 heteroatoms. The molecule has 2 heterocycles. The molecule has 1 N–H and O–H groups in total. The molecule has 4 nitrogen and oxygen atoms in total. The van der Waals surface area contributed by atoms with Crippen LogP contribution in [0.1, 0.15) is 12.8 Å². The second kappa shape index (κ2) is 4.00. The first-order chi connectivity index (χ1) is 6.12. The second-order valence-electron chi connectivity index (χ2n) is 3.64. The number of likely N-dealkylation sites (tertiary alicyclic amines) is 1. The van der Waals surface area contributed by atoms with Crippen molar-refractivity contribution >= 4 is 35.7 Å². The summed E-state index contributed by atoms with van der Waals surface area (Å²) in [5.41, 5.74) is -0.649. The van der Waals surface area contributed by atoms with Gasteiger partial charge >= 0.3 is 0 Å². The number of piperidine rings is 1. The minimum Gasteiger partial charge on any atom is -0.454 e. The molecule has 0 aromatic heterocycles. The van der Waals surface area contributed by atoms with Gasteiger partial charge in [-0.15, -0.1) is 12.4 Å². The molecule has 0 aliphatic carbocycles. The predicted molar refractivity (Wildman–Crippen MR) is 58.5 cm³/mol. The Morgan fingerprint density at radius 3 is 2.50 bits per heavy atom. The van der Waals surface area contributed by atoms with Crippen LogP contribution >= 0.6 is 24.6 Å². The topological polar surface area (TPSA) is 41.6 Å². The molecule has 2 fully saturated rings. The Kier molecular flexibility index (Phi) is 3.34. The summed E-state index contributed by atoms with van der Waals surface area (Å²) >= 11 is 4.81. The van der Waals surface area contributed by atoms with Gasteiger partial charge in [0.1, 0.15) is 0 Å². The Balaban J connectivity index is 0.000000980. The first-order valence-electron chi connectivity index (χ1n) is 4.35. The zero-order valence-corrected chi connectivity index (χ0v) is 9.54. The average molecular weight is 237 g/mol. The predicted octanol–water partition coefficient (Wildman–Crippen LogP) is 0.304. The standard InChI is InChI=1S/C8H12N2O2S.ClH/c1-10-4-2-8(3-5-10)6(11)9-7(13)12-8;/h2-5H2,1H3,(H,9,11,13);1H. The van der Waals surface area contributed by atoms with Gasteiger partial charge in [0, 0.05) is 25.9 Å². The molecule has 2 aliphatic rings.